The lowest BCUT2D eigenvalue weighted by Gasteiger charge is -2.07. The first-order chi connectivity index (χ1) is 8.15. The summed E-state index contributed by atoms with van der Waals surface area (Å²) in [7, 11) is 0. The van der Waals surface area contributed by atoms with E-state index in [0.717, 1.165) is 23.6 Å². The van der Waals surface area contributed by atoms with E-state index in [9.17, 15) is 4.39 Å². The number of imidazole rings is 1. The first-order valence-electron chi connectivity index (χ1n) is 5.31. The summed E-state index contributed by atoms with van der Waals surface area (Å²) in [6.07, 6.45) is 1.98. The molecule has 1 aromatic carbocycles. The van der Waals surface area contributed by atoms with Crippen molar-refractivity contribution in [3.63, 3.8) is 0 Å². The van der Waals surface area contributed by atoms with Gasteiger partial charge in [0.1, 0.15) is 24.0 Å². The van der Waals surface area contributed by atoms with Crippen molar-refractivity contribution >= 4 is 15.9 Å². The van der Waals surface area contributed by atoms with Gasteiger partial charge in [-0.15, -0.1) is 0 Å². The van der Waals surface area contributed by atoms with Crippen LogP contribution in [-0.2, 0) is 6.54 Å². The molecule has 0 spiro atoms. The van der Waals surface area contributed by atoms with Crippen molar-refractivity contribution in [2.24, 2.45) is 0 Å². The van der Waals surface area contributed by atoms with E-state index in [0.29, 0.717) is 16.8 Å². The molecule has 2 heterocycles. The van der Waals surface area contributed by atoms with E-state index in [1.165, 1.54) is 6.07 Å². The quantitative estimate of drug-likeness (QED) is 0.747. The molecule has 1 aliphatic heterocycles. The molecule has 2 aromatic rings. The molecule has 0 N–H and O–H groups in total. The van der Waals surface area contributed by atoms with Crippen molar-refractivity contribution in [2.75, 3.05) is 6.61 Å². The lowest BCUT2D eigenvalue weighted by molar-refractivity contribution is 0.305. The monoisotopic (exact) mass is 296 g/mol. The van der Waals surface area contributed by atoms with Gasteiger partial charge < -0.3 is 9.30 Å². The summed E-state index contributed by atoms with van der Waals surface area (Å²) in [6.45, 7) is 3.20. The van der Waals surface area contributed by atoms with E-state index >= 15 is 0 Å². The third kappa shape index (κ3) is 1.74. The second kappa shape index (κ2) is 3.84. The van der Waals surface area contributed by atoms with E-state index in [4.69, 9.17) is 4.74 Å². The van der Waals surface area contributed by atoms with Gasteiger partial charge in [-0.05, 0) is 28.9 Å². The number of halogens is 2. The summed E-state index contributed by atoms with van der Waals surface area (Å²) in [4.78, 5) is 4.46. The number of nitrogens with zero attached hydrogens (tertiary/aromatic N) is 2. The van der Waals surface area contributed by atoms with Crippen molar-refractivity contribution < 1.29 is 9.13 Å². The van der Waals surface area contributed by atoms with Crippen LogP contribution < -0.4 is 4.74 Å². The maximum Gasteiger partial charge on any atom is 0.144 e. The smallest absolute Gasteiger partial charge is 0.144 e. The van der Waals surface area contributed by atoms with Crippen LogP contribution in [0.1, 0.15) is 5.69 Å². The molecule has 0 saturated heterocycles. The fraction of sp³-hybridized carbons (Fsp3) is 0.250. The van der Waals surface area contributed by atoms with Crippen LogP contribution in [-0.4, -0.2) is 16.2 Å². The Labute approximate surface area is 106 Å². The van der Waals surface area contributed by atoms with Gasteiger partial charge in [0.05, 0.1) is 22.3 Å². The summed E-state index contributed by atoms with van der Waals surface area (Å²) in [6, 6.07) is 3.12. The number of fused-ring (bicyclic) bond motifs is 3. The van der Waals surface area contributed by atoms with Gasteiger partial charge in [0.15, 0.2) is 0 Å². The predicted molar refractivity (Wildman–Crippen MR) is 65.6 cm³/mol. The van der Waals surface area contributed by atoms with Crippen molar-refractivity contribution in [3.8, 4) is 17.1 Å². The summed E-state index contributed by atoms with van der Waals surface area (Å²) < 4.78 is 21.5. The highest BCUT2D eigenvalue weighted by Crippen LogP contribution is 2.35. The average molecular weight is 297 g/mol. The minimum atomic E-state index is -0.319. The number of hydrogen-bond acceptors (Lipinski definition) is 2. The van der Waals surface area contributed by atoms with Crippen LogP contribution in [0, 0.1) is 12.7 Å². The predicted octanol–water partition coefficient (Wildman–Crippen LogP) is 3.15. The molecule has 5 heteroatoms. The molecule has 0 bridgehead atoms. The van der Waals surface area contributed by atoms with Crippen LogP contribution in [0.15, 0.2) is 22.8 Å². The SMILES string of the molecule is Cc1cn2c(n1)-c1cc(Br)c(F)cc1OCC2. The first-order valence-corrected chi connectivity index (χ1v) is 6.10. The number of hydrogen-bond donors (Lipinski definition) is 0. The molecule has 17 heavy (non-hydrogen) atoms. The van der Waals surface area contributed by atoms with Gasteiger partial charge in [0, 0.05) is 12.3 Å². The van der Waals surface area contributed by atoms with Crippen molar-refractivity contribution in [1.82, 2.24) is 9.55 Å². The van der Waals surface area contributed by atoms with Crippen LogP contribution in [0.4, 0.5) is 4.39 Å². The molecule has 0 fully saturated rings. The Balaban J connectivity index is 2.27. The van der Waals surface area contributed by atoms with Gasteiger partial charge in [-0.2, -0.15) is 0 Å². The molecule has 0 aliphatic carbocycles. The summed E-state index contributed by atoms with van der Waals surface area (Å²) in [5, 5.41) is 0. The van der Waals surface area contributed by atoms with Gasteiger partial charge in [-0.1, -0.05) is 0 Å². The Morgan fingerprint density at radius 3 is 3.12 bits per heavy atom. The molecular formula is C12H10BrFN2O. The van der Waals surface area contributed by atoms with E-state index in [1.54, 1.807) is 6.07 Å². The van der Waals surface area contributed by atoms with Crippen LogP contribution in [0.2, 0.25) is 0 Å². The summed E-state index contributed by atoms with van der Waals surface area (Å²) >= 11 is 3.19. The Hall–Kier alpha value is -1.36. The average Bonchev–Trinajstić information content (AvgIpc) is 2.57. The molecule has 0 saturated carbocycles. The molecule has 3 rings (SSSR count). The maximum atomic E-state index is 13.5. The highest BCUT2D eigenvalue weighted by molar-refractivity contribution is 9.10. The zero-order chi connectivity index (χ0) is 12.0. The minimum absolute atomic E-state index is 0.319. The lowest BCUT2D eigenvalue weighted by atomic mass is 10.2. The van der Waals surface area contributed by atoms with Crippen molar-refractivity contribution in [3.05, 3.63) is 34.3 Å². The minimum Gasteiger partial charge on any atom is -0.491 e. The molecule has 0 radical (unpaired) electrons. The molecule has 0 unspecified atom stereocenters. The number of ether oxygens (including phenoxy) is 1. The number of rotatable bonds is 0. The lowest BCUT2D eigenvalue weighted by Crippen LogP contribution is -2.04. The third-order valence-electron chi connectivity index (χ3n) is 2.75. The van der Waals surface area contributed by atoms with E-state index in [-0.39, 0.29) is 5.82 Å². The Morgan fingerprint density at radius 1 is 1.47 bits per heavy atom. The van der Waals surface area contributed by atoms with Crippen LogP contribution >= 0.6 is 15.9 Å². The molecule has 3 nitrogen and oxygen atoms in total. The van der Waals surface area contributed by atoms with Crippen LogP contribution in [0.3, 0.4) is 0 Å². The fourth-order valence-electron chi connectivity index (χ4n) is 2.01. The highest BCUT2D eigenvalue weighted by atomic mass is 79.9. The van der Waals surface area contributed by atoms with E-state index in [1.807, 2.05) is 17.7 Å². The molecular weight excluding hydrogens is 287 g/mol. The highest BCUT2D eigenvalue weighted by Gasteiger charge is 2.19. The normalized spacial score (nSPS) is 13.6. The first kappa shape index (κ1) is 10.8. The Morgan fingerprint density at radius 2 is 2.29 bits per heavy atom. The van der Waals surface area contributed by atoms with Crippen LogP contribution in [0.5, 0.6) is 5.75 Å². The number of aryl methyl sites for hydroxylation is 1. The zero-order valence-corrected chi connectivity index (χ0v) is 10.8. The van der Waals surface area contributed by atoms with E-state index in [2.05, 4.69) is 20.9 Å². The Kier molecular flexibility index (Phi) is 2.43. The number of aromatic nitrogens is 2. The van der Waals surface area contributed by atoms with Gasteiger partial charge in [0.25, 0.3) is 0 Å². The fourth-order valence-corrected chi connectivity index (χ4v) is 2.35. The van der Waals surface area contributed by atoms with Crippen LogP contribution in [0.25, 0.3) is 11.4 Å². The standard InChI is InChI=1S/C12H10BrFN2O/c1-7-6-16-2-3-17-11-5-10(14)9(13)4-8(11)12(16)15-7/h4-6H,2-3H2,1H3. The summed E-state index contributed by atoms with van der Waals surface area (Å²) in [5.74, 6) is 1.06. The van der Waals surface area contributed by atoms with Gasteiger partial charge >= 0.3 is 0 Å². The van der Waals surface area contributed by atoms with Gasteiger partial charge in [-0.25, -0.2) is 9.37 Å². The zero-order valence-electron chi connectivity index (χ0n) is 9.20. The number of benzene rings is 1. The third-order valence-corrected chi connectivity index (χ3v) is 3.36. The van der Waals surface area contributed by atoms with E-state index < -0.39 is 0 Å². The molecule has 0 amide bonds. The molecule has 1 aliphatic rings. The van der Waals surface area contributed by atoms with Crippen molar-refractivity contribution in [2.45, 2.75) is 13.5 Å². The summed E-state index contributed by atoms with van der Waals surface area (Å²) in [5.41, 5.74) is 1.78. The molecule has 0 atom stereocenters. The molecule has 88 valence electrons. The Bertz CT molecular complexity index is 594. The maximum absolute atomic E-state index is 13.5. The second-order valence-electron chi connectivity index (χ2n) is 4.01. The largest absolute Gasteiger partial charge is 0.491 e. The topological polar surface area (TPSA) is 27.1 Å². The molecule has 1 aromatic heterocycles. The van der Waals surface area contributed by atoms with Gasteiger partial charge in [0.2, 0.25) is 0 Å². The van der Waals surface area contributed by atoms with Gasteiger partial charge in [-0.3, -0.25) is 0 Å². The van der Waals surface area contributed by atoms with Crippen molar-refractivity contribution in [1.29, 1.82) is 0 Å². The second-order valence-corrected chi connectivity index (χ2v) is 4.86.